The van der Waals surface area contributed by atoms with E-state index >= 15 is 0 Å². The molecule has 0 aliphatic carbocycles. The zero-order valence-corrected chi connectivity index (χ0v) is 10.7. The van der Waals surface area contributed by atoms with Gasteiger partial charge in [0.15, 0.2) is 0 Å². The number of methoxy groups -OCH3 is 1. The topological polar surface area (TPSA) is 21.3 Å². The lowest BCUT2D eigenvalue weighted by molar-refractivity contribution is 0.000410. The first-order valence-electron chi connectivity index (χ1n) is 5.71. The van der Waals surface area contributed by atoms with Crippen LogP contribution in [0, 0.1) is 5.92 Å². The van der Waals surface area contributed by atoms with Crippen LogP contribution in [0.4, 0.5) is 0 Å². The minimum absolute atomic E-state index is 0.00156. The van der Waals surface area contributed by atoms with Gasteiger partial charge in [0.1, 0.15) is 0 Å². The highest BCUT2D eigenvalue weighted by Gasteiger charge is 2.23. The van der Waals surface area contributed by atoms with Gasteiger partial charge in [0.25, 0.3) is 0 Å². The minimum atomic E-state index is 0.00156. The van der Waals surface area contributed by atoms with Gasteiger partial charge in [-0.1, -0.05) is 13.8 Å². The third-order valence-electron chi connectivity index (χ3n) is 2.94. The van der Waals surface area contributed by atoms with Crippen molar-refractivity contribution in [3.05, 3.63) is 0 Å². The van der Waals surface area contributed by atoms with Crippen molar-refractivity contribution >= 4 is 0 Å². The summed E-state index contributed by atoms with van der Waals surface area (Å²) >= 11 is 0. The zero-order valence-electron chi connectivity index (χ0n) is 10.7. The molecular weight excluding hydrogens is 174 g/mol. The van der Waals surface area contributed by atoms with Crippen LogP contribution in [0.25, 0.3) is 0 Å². The van der Waals surface area contributed by atoms with E-state index in [2.05, 4.69) is 39.9 Å². The quantitative estimate of drug-likeness (QED) is 0.684. The molecule has 0 spiro atoms. The Morgan fingerprint density at radius 3 is 2.29 bits per heavy atom. The maximum Gasteiger partial charge on any atom is 0.0625 e. The molecule has 2 unspecified atom stereocenters. The highest BCUT2D eigenvalue weighted by atomic mass is 16.5. The summed E-state index contributed by atoms with van der Waals surface area (Å²) < 4.78 is 5.44. The first-order chi connectivity index (χ1) is 6.43. The summed E-state index contributed by atoms with van der Waals surface area (Å²) in [7, 11) is 1.79. The molecule has 2 atom stereocenters. The molecule has 0 radical (unpaired) electrons. The molecule has 86 valence electrons. The Balaban J connectivity index is 3.87. The van der Waals surface area contributed by atoms with Crippen LogP contribution in [0.5, 0.6) is 0 Å². The van der Waals surface area contributed by atoms with E-state index < -0.39 is 0 Å². The van der Waals surface area contributed by atoms with E-state index in [1.54, 1.807) is 7.11 Å². The van der Waals surface area contributed by atoms with Crippen molar-refractivity contribution < 1.29 is 4.74 Å². The SMILES string of the molecule is CCCNC(C)C(C)CC(C)(C)OC. The second-order valence-corrected chi connectivity index (χ2v) is 4.89. The molecule has 0 aliphatic rings. The number of rotatable bonds is 7. The van der Waals surface area contributed by atoms with Gasteiger partial charge >= 0.3 is 0 Å². The molecule has 14 heavy (non-hydrogen) atoms. The van der Waals surface area contributed by atoms with E-state index in [4.69, 9.17) is 4.74 Å². The van der Waals surface area contributed by atoms with Gasteiger partial charge in [-0.3, -0.25) is 0 Å². The molecule has 0 aromatic rings. The van der Waals surface area contributed by atoms with Crippen LogP contribution in [0.2, 0.25) is 0 Å². The molecule has 0 rings (SSSR count). The van der Waals surface area contributed by atoms with Crippen molar-refractivity contribution in [1.29, 1.82) is 0 Å². The standard InChI is InChI=1S/C12H27NO/c1-7-8-13-11(3)10(2)9-12(4,5)14-6/h10-11,13H,7-9H2,1-6H3. The van der Waals surface area contributed by atoms with Crippen molar-refractivity contribution in [2.75, 3.05) is 13.7 Å². The number of hydrogen-bond donors (Lipinski definition) is 1. The number of nitrogens with one attached hydrogen (secondary N) is 1. The van der Waals surface area contributed by atoms with E-state index in [1.165, 1.54) is 6.42 Å². The highest BCUT2D eigenvalue weighted by Crippen LogP contribution is 2.21. The maximum absolute atomic E-state index is 5.44. The maximum atomic E-state index is 5.44. The molecule has 1 N–H and O–H groups in total. The van der Waals surface area contributed by atoms with Crippen LogP contribution < -0.4 is 5.32 Å². The van der Waals surface area contributed by atoms with Gasteiger partial charge in [0.05, 0.1) is 5.60 Å². The van der Waals surface area contributed by atoms with Gasteiger partial charge < -0.3 is 10.1 Å². The molecule has 0 aliphatic heterocycles. The van der Waals surface area contributed by atoms with Gasteiger partial charge in [-0.15, -0.1) is 0 Å². The molecule has 0 heterocycles. The molecule has 0 fully saturated rings. The molecule has 2 nitrogen and oxygen atoms in total. The first-order valence-corrected chi connectivity index (χ1v) is 5.71. The summed E-state index contributed by atoms with van der Waals surface area (Å²) in [4.78, 5) is 0. The first kappa shape index (κ1) is 13.9. The molecule has 0 aromatic carbocycles. The second kappa shape index (κ2) is 6.41. The third-order valence-corrected chi connectivity index (χ3v) is 2.94. The summed E-state index contributed by atoms with van der Waals surface area (Å²) in [5, 5.41) is 3.52. The largest absolute Gasteiger partial charge is 0.379 e. The fraction of sp³-hybridized carbons (Fsp3) is 1.00. The Bertz CT molecular complexity index is 145. The molecule has 0 saturated heterocycles. The predicted molar refractivity (Wildman–Crippen MR) is 62.6 cm³/mol. The number of ether oxygens (including phenoxy) is 1. The number of hydrogen-bond acceptors (Lipinski definition) is 2. The van der Waals surface area contributed by atoms with E-state index in [1.807, 2.05) is 0 Å². The smallest absolute Gasteiger partial charge is 0.0625 e. The monoisotopic (exact) mass is 201 g/mol. The fourth-order valence-corrected chi connectivity index (χ4v) is 1.61. The van der Waals surface area contributed by atoms with Crippen molar-refractivity contribution in [2.45, 2.75) is 59.1 Å². The average Bonchev–Trinajstić information content (AvgIpc) is 2.13. The molecule has 2 heteroatoms. The van der Waals surface area contributed by atoms with E-state index in [0.29, 0.717) is 12.0 Å². The average molecular weight is 201 g/mol. The van der Waals surface area contributed by atoms with E-state index in [9.17, 15) is 0 Å². The molecular formula is C12H27NO. The Labute approximate surface area is 89.4 Å². The van der Waals surface area contributed by atoms with Crippen LogP contribution in [-0.4, -0.2) is 25.3 Å². The van der Waals surface area contributed by atoms with Crippen LogP contribution >= 0.6 is 0 Å². The van der Waals surface area contributed by atoms with Gasteiger partial charge in [0, 0.05) is 13.2 Å². The summed E-state index contributed by atoms with van der Waals surface area (Å²) in [6, 6.07) is 0.573. The third kappa shape index (κ3) is 5.61. The van der Waals surface area contributed by atoms with Crippen LogP contribution in [0.3, 0.4) is 0 Å². The van der Waals surface area contributed by atoms with Gasteiger partial charge in [0.2, 0.25) is 0 Å². The summed E-state index contributed by atoms with van der Waals surface area (Å²) in [6.07, 6.45) is 2.30. The summed E-state index contributed by atoms with van der Waals surface area (Å²) in [6.45, 7) is 12.1. The van der Waals surface area contributed by atoms with Gasteiger partial charge in [-0.25, -0.2) is 0 Å². The van der Waals surface area contributed by atoms with Crippen molar-refractivity contribution in [2.24, 2.45) is 5.92 Å². The van der Waals surface area contributed by atoms with Gasteiger partial charge in [-0.2, -0.15) is 0 Å². The van der Waals surface area contributed by atoms with Crippen LogP contribution in [0.1, 0.15) is 47.5 Å². The Hall–Kier alpha value is -0.0800. The van der Waals surface area contributed by atoms with E-state index in [-0.39, 0.29) is 5.60 Å². The van der Waals surface area contributed by atoms with Gasteiger partial charge in [-0.05, 0) is 46.1 Å². The highest BCUT2D eigenvalue weighted by molar-refractivity contribution is 4.77. The zero-order chi connectivity index (χ0) is 11.2. The van der Waals surface area contributed by atoms with Crippen LogP contribution in [-0.2, 0) is 4.74 Å². The Morgan fingerprint density at radius 2 is 1.86 bits per heavy atom. The molecule has 0 bridgehead atoms. The summed E-state index contributed by atoms with van der Waals surface area (Å²) in [5.41, 5.74) is 0.00156. The Morgan fingerprint density at radius 1 is 1.29 bits per heavy atom. The molecule has 0 saturated carbocycles. The Kier molecular flexibility index (Phi) is 6.38. The molecule has 0 amide bonds. The fourth-order valence-electron chi connectivity index (χ4n) is 1.61. The van der Waals surface area contributed by atoms with Crippen molar-refractivity contribution in [3.63, 3.8) is 0 Å². The second-order valence-electron chi connectivity index (χ2n) is 4.89. The lowest BCUT2D eigenvalue weighted by atomic mass is 9.90. The van der Waals surface area contributed by atoms with Crippen molar-refractivity contribution in [3.8, 4) is 0 Å². The normalized spacial score (nSPS) is 16.7. The summed E-state index contributed by atoms with van der Waals surface area (Å²) in [5.74, 6) is 0.650. The van der Waals surface area contributed by atoms with Crippen molar-refractivity contribution in [1.82, 2.24) is 5.32 Å². The van der Waals surface area contributed by atoms with Crippen LogP contribution in [0.15, 0.2) is 0 Å². The van der Waals surface area contributed by atoms with E-state index in [0.717, 1.165) is 13.0 Å². The lowest BCUT2D eigenvalue weighted by Gasteiger charge is -2.30. The minimum Gasteiger partial charge on any atom is -0.379 e. The lowest BCUT2D eigenvalue weighted by Crippen LogP contribution is -2.37. The molecule has 0 aromatic heterocycles. The predicted octanol–water partition coefficient (Wildman–Crippen LogP) is 2.83.